The van der Waals surface area contributed by atoms with Crippen molar-refractivity contribution in [2.45, 2.75) is 13.3 Å². The molecule has 0 amide bonds. The van der Waals surface area contributed by atoms with Crippen LogP contribution in [0.5, 0.6) is 0 Å². The van der Waals surface area contributed by atoms with Gasteiger partial charge in [-0.1, -0.05) is 6.92 Å². The van der Waals surface area contributed by atoms with Crippen molar-refractivity contribution in [1.29, 1.82) is 0 Å². The second-order valence-corrected chi connectivity index (χ2v) is 0.985. The quantitative estimate of drug-likeness (QED) is 0.285. The molecule has 0 heterocycles. The van der Waals surface area contributed by atoms with Gasteiger partial charge in [0.25, 0.3) is 0 Å². The van der Waals surface area contributed by atoms with Gasteiger partial charge in [0.15, 0.2) is 0 Å². The molecule has 0 atom stereocenters. The minimum atomic E-state index is 0. The fourth-order valence-electron chi connectivity index (χ4n) is 0. The van der Waals surface area contributed by atoms with Crippen molar-refractivity contribution in [3.63, 3.8) is 0 Å². The van der Waals surface area contributed by atoms with Crippen LogP contribution in [0.2, 0.25) is 0 Å². The van der Waals surface area contributed by atoms with E-state index in [9.17, 15) is 0 Å². The molecule has 0 aromatic carbocycles. The number of hydrogen-bond donors (Lipinski definition) is 0. The predicted octanol–water partition coefficient (Wildman–Crippen LogP) is 1.24. The van der Waals surface area contributed by atoms with Gasteiger partial charge in [-0.25, -0.2) is 5.71 Å². The van der Waals surface area contributed by atoms with E-state index in [0.29, 0.717) is 12.1 Å². The fourth-order valence-corrected chi connectivity index (χ4v) is 0. The molecule has 0 saturated heterocycles. The minimum absolute atomic E-state index is 0. The average Bonchev–Trinajstić information content (AvgIpc) is 1.38. The van der Waals surface area contributed by atoms with Gasteiger partial charge in [0.1, 0.15) is 0 Å². The molecule has 0 spiro atoms. The topological polar surface area (TPSA) is 22.3 Å². The van der Waals surface area contributed by atoms with Crippen LogP contribution in [0, 0.1) is 6.92 Å². The first kappa shape index (κ1) is 9.50. The van der Waals surface area contributed by atoms with E-state index < -0.39 is 0 Å². The molecule has 0 N–H and O–H groups in total. The summed E-state index contributed by atoms with van der Waals surface area (Å²) in [5.41, 5.74) is 0.394. The Hall–Kier alpha value is 0.189. The van der Waals surface area contributed by atoms with Crippen LogP contribution in [0.4, 0.5) is 0 Å². The van der Waals surface area contributed by atoms with E-state index in [0.717, 1.165) is 0 Å². The van der Waals surface area contributed by atoms with Crippen molar-refractivity contribution in [2.24, 2.45) is 0 Å². The van der Waals surface area contributed by atoms with E-state index in [1.807, 2.05) is 0 Å². The van der Waals surface area contributed by atoms with Gasteiger partial charge < -0.3 is 12.3 Å². The summed E-state index contributed by atoms with van der Waals surface area (Å²) in [6.45, 7) is 5.03. The van der Waals surface area contributed by atoms with E-state index in [2.05, 4.69) is 6.92 Å². The molecule has 0 aliphatic heterocycles. The van der Waals surface area contributed by atoms with Crippen molar-refractivity contribution in [3.8, 4) is 0 Å². The van der Waals surface area contributed by atoms with Crippen molar-refractivity contribution < 1.29 is 17.1 Å². The third-order valence-corrected chi connectivity index (χ3v) is 0.362. The zero-order chi connectivity index (χ0) is 4.28. The first-order chi connectivity index (χ1) is 2.27. The first-order valence-electron chi connectivity index (χ1n) is 1.58. The molecule has 2 heteroatoms. The summed E-state index contributed by atoms with van der Waals surface area (Å²) in [6, 6.07) is 0. The molecule has 0 fully saturated rings. The maximum absolute atomic E-state index is 8.22. The van der Waals surface area contributed by atoms with Gasteiger partial charge >= 0.3 is 17.1 Å². The molecule has 0 aromatic heterocycles. The maximum Gasteiger partial charge on any atom is 2.00 e. The fraction of sp³-hybridized carbons (Fsp3) is 0.500. The second-order valence-electron chi connectivity index (χ2n) is 0.985. The molecule has 36 valence electrons. The van der Waals surface area contributed by atoms with Crippen LogP contribution in [0.3, 0.4) is 0 Å². The standard InChI is InChI=1S/C4H7N.Fe/c1-3-4(2)5;/h1,3H2,2H3;/q-2;+2. The summed E-state index contributed by atoms with van der Waals surface area (Å²) in [6.07, 6.45) is 0.528. The van der Waals surface area contributed by atoms with E-state index in [1.165, 1.54) is 0 Å². The SMILES string of the molecule is [CH2-]CC(C)=[N-].[Fe+2]. The molecule has 0 aromatic rings. The molecule has 0 radical (unpaired) electrons. The van der Waals surface area contributed by atoms with Gasteiger partial charge in [0, 0.05) is 0 Å². The Balaban J connectivity index is 0. The van der Waals surface area contributed by atoms with Gasteiger partial charge in [0.2, 0.25) is 0 Å². The Morgan fingerprint density at radius 1 is 1.83 bits per heavy atom. The molecule has 1 nitrogen and oxygen atoms in total. The summed E-state index contributed by atoms with van der Waals surface area (Å²) in [5.74, 6) is 0. The predicted molar refractivity (Wildman–Crippen MR) is 24.0 cm³/mol. The number of nitrogens with zero attached hydrogens (tertiary/aromatic N) is 1. The van der Waals surface area contributed by atoms with Crippen LogP contribution in [0.15, 0.2) is 0 Å². The van der Waals surface area contributed by atoms with Crippen molar-refractivity contribution >= 4 is 5.71 Å². The second kappa shape index (κ2) is 5.19. The van der Waals surface area contributed by atoms with Crippen LogP contribution >= 0.6 is 0 Å². The Morgan fingerprint density at radius 2 is 2.00 bits per heavy atom. The van der Waals surface area contributed by atoms with Crippen molar-refractivity contribution in [3.05, 3.63) is 12.3 Å². The van der Waals surface area contributed by atoms with E-state index >= 15 is 0 Å². The van der Waals surface area contributed by atoms with Crippen molar-refractivity contribution in [1.82, 2.24) is 0 Å². The third kappa shape index (κ3) is 8.89. The molecule has 0 aliphatic rings. The van der Waals surface area contributed by atoms with Gasteiger partial charge in [-0.05, 0) is 0 Å². The van der Waals surface area contributed by atoms with Gasteiger partial charge in [0.05, 0.1) is 0 Å². The van der Waals surface area contributed by atoms with Crippen LogP contribution in [0.1, 0.15) is 13.3 Å². The van der Waals surface area contributed by atoms with E-state index in [4.69, 9.17) is 5.41 Å². The minimum Gasteiger partial charge on any atom is -0.814 e. The molecule has 6 heavy (non-hydrogen) atoms. The van der Waals surface area contributed by atoms with Gasteiger partial charge in [-0.15, -0.1) is 0 Å². The Kier molecular flexibility index (Phi) is 8.21. The van der Waals surface area contributed by atoms with E-state index in [1.54, 1.807) is 6.92 Å². The number of hydrogen-bond acceptors (Lipinski definition) is 0. The van der Waals surface area contributed by atoms with Crippen LogP contribution in [-0.4, -0.2) is 5.71 Å². The van der Waals surface area contributed by atoms with Crippen LogP contribution in [0.25, 0.3) is 5.41 Å². The largest absolute Gasteiger partial charge is 2.00 e. The van der Waals surface area contributed by atoms with Crippen LogP contribution in [-0.2, 0) is 17.1 Å². The summed E-state index contributed by atoms with van der Waals surface area (Å²) in [7, 11) is 0. The zero-order valence-corrected chi connectivity index (χ0v) is 4.82. The maximum atomic E-state index is 8.22. The number of rotatable bonds is 1. The monoisotopic (exact) mass is 125 g/mol. The van der Waals surface area contributed by atoms with E-state index in [-0.39, 0.29) is 17.1 Å². The van der Waals surface area contributed by atoms with Gasteiger partial charge in [-0.3, -0.25) is 0 Å². The molecule has 0 saturated carbocycles. The average molecular weight is 125 g/mol. The zero-order valence-electron chi connectivity index (χ0n) is 3.71. The normalized spacial score (nSPS) is 6.33. The Labute approximate surface area is 49.1 Å². The van der Waals surface area contributed by atoms with Crippen LogP contribution < -0.4 is 0 Å². The molecule has 0 unspecified atom stereocenters. The molecule has 0 aliphatic carbocycles. The molecular weight excluding hydrogens is 118 g/mol. The third-order valence-electron chi connectivity index (χ3n) is 0.362. The summed E-state index contributed by atoms with van der Waals surface area (Å²) < 4.78 is 0. The molecule has 0 rings (SSSR count). The Bertz CT molecular complexity index is 42.8. The summed E-state index contributed by atoms with van der Waals surface area (Å²) in [5, 5.41) is 8.22. The first-order valence-corrected chi connectivity index (χ1v) is 1.58. The Morgan fingerprint density at radius 3 is 2.00 bits per heavy atom. The summed E-state index contributed by atoms with van der Waals surface area (Å²) in [4.78, 5) is 0. The van der Waals surface area contributed by atoms with Gasteiger partial charge in [-0.2, -0.15) is 6.42 Å². The smallest absolute Gasteiger partial charge is 0.814 e. The summed E-state index contributed by atoms with van der Waals surface area (Å²) >= 11 is 0. The molecular formula is C4H7FeN. The van der Waals surface area contributed by atoms with Crippen molar-refractivity contribution in [2.75, 3.05) is 0 Å². The molecule has 0 bridgehead atoms.